The van der Waals surface area contributed by atoms with Gasteiger partial charge < -0.3 is 0 Å². The molecule has 3 aromatic rings. The quantitative estimate of drug-likeness (QED) is 0.445. The van der Waals surface area contributed by atoms with Crippen molar-refractivity contribution in [3.63, 3.8) is 0 Å². The standard InChI is InChI=1S/C22H20N2O2S/c1-3-24(16(2)25)22-23-20(15-27-22)13-14-21(26)19-11-9-18(10-12-19)17-7-5-4-6-8-17/h4-15H,3H2,1-2H3/b14-13+. The van der Waals surface area contributed by atoms with Crippen molar-refractivity contribution in [1.29, 1.82) is 0 Å². The minimum absolute atomic E-state index is 0.0445. The van der Waals surface area contributed by atoms with Gasteiger partial charge in [-0.05, 0) is 30.2 Å². The van der Waals surface area contributed by atoms with Gasteiger partial charge in [0, 0.05) is 24.4 Å². The summed E-state index contributed by atoms with van der Waals surface area (Å²) in [4.78, 5) is 30.0. The van der Waals surface area contributed by atoms with E-state index in [9.17, 15) is 9.59 Å². The molecule has 27 heavy (non-hydrogen) atoms. The normalized spacial score (nSPS) is 10.9. The Hall–Kier alpha value is -3.05. The molecular weight excluding hydrogens is 356 g/mol. The summed E-state index contributed by atoms with van der Waals surface area (Å²) in [6, 6.07) is 17.6. The summed E-state index contributed by atoms with van der Waals surface area (Å²) in [5.41, 5.74) is 3.49. The van der Waals surface area contributed by atoms with Gasteiger partial charge in [0.2, 0.25) is 5.91 Å². The number of aromatic nitrogens is 1. The molecule has 1 amide bonds. The van der Waals surface area contributed by atoms with Crippen LogP contribution in [0.5, 0.6) is 0 Å². The number of ketones is 1. The molecule has 0 N–H and O–H groups in total. The minimum Gasteiger partial charge on any atom is -0.289 e. The number of amides is 1. The maximum absolute atomic E-state index is 12.4. The van der Waals surface area contributed by atoms with Crippen LogP contribution in [0.2, 0.25) is 0 Å². The molecule has 2 aromatic carbocycles. The van der Waals surface area contributed by atoms with Crippen molar-refractivity contribution in [3.05, 3.63) is 77.3 Å². The second kappa shape index (κ2) is 8.56. The van der Waals surface area contributed by atoms with Crippen LogP contribution in [0.3, 0.4) is 0 Å². The van der Waals surface area contributed by atoms with E-state index in [-0.39, 0.29) is 11.7 Å². The summed E-state index contributed by atoms with van der Waals surface area (Å²) < 4.78 is 0. The fourth-order valence-corrected chi connectivity index (χ4v) is 3.58. The highest BCUT2D eigenvalue weighted by Crippen LogP contribution is 2.22. The van der Waals surface area contributed by atoms with Crippen molar-refractivity contribution in [2.75, 3.05) is 11.4 Å². The van der Waals surface area contributed by atoms with Crippen LogP contribution in [0, 0.1) is 0 Å². The zero-order chi connectivity index (χ0) is 19.2. The van der Waals surface area contributed by atoms with Crippen molar-refractivity contribution in [1.82, 2.24) is 4.98 Å². The predicted octanol–water partition coefficient (Wildman–Crippen LogP) is 5.08. The fraction of sp³-hybridized carbons (Fsp3) is 0.136. The molecule has 0 saturated heterocycles. The van der Waals surface area contributed by atoms with Gasteiger partial charge in [-0.15, -0.1) is 11.3 Å². The van der Waals surface area contributed by atoms with E-state index in [2.05, 4.69) is 4.98 Å². The monoisotopic (exact) mass is 376 g/mol. The lowest BCUT2D eigenvalue weighted by Gasteiger charge is -2.14. The number of rotatable bonds is 6. The lowest BCUT2D eigenvalue weighted by molar-refractivity contribution is -0.116. The van der Waals surface area contributed by atoms with E-state index >= 15 is 0 Å². The van der Waals surface area contributed by atoms with Gasteiger partial charge in [-0.2, -0.15) is 0 Å². The molecule has 0 aliphatic carbocycles. The smallest absolute Gasteiger partial charge is 0.225 e. The van der Waals surface area contributed by atoms with Crippen molar-refractivity contribution in [2.45, 2.75) is 13.8 Å². The number of nitrogens with zero attached hydrogens (tertiary/aromatic N) is 2. The summed E-state index contributed by atoms with van der Waals surface area (Å²) in [7, 11) is 0. The molecule has 4 nitrogen and oxygen atoms in total. The van der Waals surface area contributed by atoms with Crippen LogP contribution in [-0.2, 0) is 4.79 Å². The average Bonchev–Trinajstić information content (AvgIpc) is 3.16. The largest absolute Gasteiger partial charge is 0.289 e. The van der Waals surface area contributed by atoms with Gasteiger partial charge in [-0.3, -0.25) is 14.5 Å². The Labute approximate surface area is 162 Å². The van der Waals surface area contributed by atoms with Gasteiger partial charge in [0.1, 0.15) is 0 Å². The Morgan fingerprint density at radius 2 is 1.70 bits per heavy atom. The van der Waals surface area contributed by atoms with Gasteiger partial charge in [0.15, 0.2) is 10.9 Å². The third-order valence-electron chi connectivity index (χ3n) is 4.12. The summed E-state index contributed by atoms with van der Waals surface area (Å²) in [5, 5.41) is 2.48. The van der Waals surface area contributed by atoms with Crippen LogP contribution in [0.4, 0.5) is 5.13 Å². The highest BCUT2D eigenvalue weighted by molar-refractivity contribution is 7.14. The Balaban J connectivity index is 1.70. The van der Waals surface area contributed by atoms with E-state index in [1.807, 2.05) is 66.9 Å². The highest BCUT2D eigenvalue weighted by Gasteiger charge is 2.12. The Morgan fingerprint density at radius 3 is 2.33 bits per heavy atom. The topological polar surface area (TPSA) is 50.3 Å². The van der Waals surface area contributed by atoms with Gasteiger partial charge in [-0.1, -0.05) is 54.6 Å². The number of thiazole rings is 1. The van der Waals surface area contributed by atoms with E-state index < -0.39 is 0 Å². The Bertz CT molecular complexity index is 959. The molecule has 0 aliphatic rings. The average molecular weight is 376 g/mol. The summed E-state index contributed by atoms with van der Waals surface area (Å²) in [5.74, 6) is -0.125. The zero-order valence-electron chi connectivity index (χ0n) is 15.3. The number of benzene rings is 2. The van der Waals surface area contributed by atoms with E-state index in [4.69, 9.17) is 0 Å². The third-order valence-corrected chi connectivity index (χ3v) is 5.00. The molecule has 0 spiro atoms. The van der Waals surface area contributed by atoms with E-state index in [1.54, 1.807) is 11.0 Å². The Morgan fingerprint density at radius 1 is 1.04 bits per heavy atom. The van der Waals surface area contributed by atoms with Crippen LogP contribution >= 0.6 is 11.3 Å². The van der Waals surface area contributed by atoms with E-state index in [0.717, 1.165) is 11.1 Å². The summed E-state index contributed by atoms with van der Waals surface area (Å²) in [6.45, 7) is 3.99. The summed E-state index contributed by atoms with van der Waals surface area (Å²) in [6.07, 6.45) is 3.20. The second-order valence-corrected chi connectivity index (χ2v) is 6.80. The maximum Gasteiger partial charge on any atom is 0.225 e. The molecule has 0 radical (unpaired) electrons. The SMILES string of the molecule is CCN(C(C)=O)c1nc(/C=C/C(=O)c2ccc(-c3ccccc3)cc2)cs1. The molecule has 0 bridgehead atoms. The van der Waals surface area contributed by atoms with Crippen molar-refractivity contribution in [3.8, 4) is 11.1 Å². The molecular formula is C22H20N2O2S. The van der Waals surface area contributed by atoms with Crippen molar-refractivity contribution >= 4 is 34.2 Å². The number of hydrogen-bond donors (Lipinski definition) is 0. The number of hydrogen-bond acceptors (Lipinski definition) is 4. The molecule has 1 aromatic heterocycles. The number of allylic oxidation sites excluding steroid dienone is 1. The first-order valence-corrected chi connectivity index (χ1v) is 9.58. The molecule has 1 heterocycles. The molecule has 0 atom stereocenters. The first-order valence-electron chi connectivity index (χ1n) is 8.70. The number of anilines is 1. The maximum atomic E-state index is 12.4. The van der Waals surface area contributed by atoms with Gasteiger partial charge in [-0.25, -0.2) is 4.98 Å². The highest BCUT2D eigenvalue weighted by atomic mass is 32.1. The van der Waals surface area contributed by atoms with Gasteiger partial charge in [0.25, 0.3) is 0 Å². The Kier molecular flexibility index (Phi) is 5.94. The van der Waals surface area contributed by atoms with Crippen LogP contribution in [0.25, 0.3) is 17.2 Å². The number of carbonyl (C=O) groups is 2. The van der Waals surface area contributed by atoms with Crippen molar-refractivity contribution in [2.24, 2.45) is 0 Å². The first-order chi connectivity index (χ1) is 13.1. The molecule has 0 fully saturated rings. The molecule has 3 rings (SSSR count). The van der Waals surface area contributed by atoms with Gasteiger partial charge in [0.05, 0.1) is 5.69 Å². The van der Waals surface area contributed by atoms with Gasteiger partial charge >= 0.3 is 0 Å². The molecule has 5 heteroatoms. The zero-order valence-corrected chi connectivity index (χ0v) is 16.1. The van der Waals surface area contributed by atoms with E-state index in [1.165, 1.54) is 24.3 Å². The lowest BCUT2D eigenvalue weighted by atomic mass is 10.0. The lowest BCUT2D eigenvalue weighted by Crippen LogP contribution is -2.27. The molecule has 0 unspecified atom stereocenters. The molecule has 0 saturated carbocycles. The van der Waals surface area contributed by atoms with Crippen LogP contribution in [0.1, 0.15) is 29.9 Å². The third kappa shape index (κ3) is 4.57. The number of carbonyl (C=O) groups excluding carboxylic acids is 2. The van der Waals surface area contributed by atoms with Crippen LogP contribution in [-0.4, -0.2) is 23.2 Å². The van der Waals surface area contributed by atoms with Crippen LogP contribution < -0.4 is 4.90 Å². The first kappa shape index (κ1) is 18.7. The predicted molar refractivity (Wildman–Crippen MR) is 111 cm³/mol. The van der Waals surface area contributed by atoms with Crippen molar-refractivity contribution < 1.29 is 9.59 Å². The molecule has 0 aliphatic heterocycles. The minimum atomic E-state index is -0.0805. The summed E-state index contributed by atoms with van der Waals surface area (Å²) >= 11 is 1.39. The second-order valence-electron chi connectivity index (χ2n) is 5.96. The molecule has 136 valence electrons. The van der Waals surface area contributed by atoms with Crippen LogP contribution in [0.15, 0.2) is 66.1 Å². The van der Waals surface area contributed by atoms with E-state index in [0.29, 0.717) is 22.9 Å². The fourth-order valence-electron chi connectivity index (χ4n) is 2.68.